The molecule has 2 aromatic carbocycles. The Labute approximate surface area is 119 Å². The summed E-state index contributed by atoms with van der Waals surface area (Å²) in [6, 6.07) is 9.66. The second kappa shape index (κ2) is 6.00. The first-order valence-electron chi connectivity index (χ1n) is 6.05. The lowest BCUT2D eigenvalue weighted by atomic mass is 10.1. The van der Waals surface area contributed by atoms with Crippen molar-refractivity contribution in [2.75, 3.05) is 17.7 Å². The van der Waals surface area contributed by atoms with Crippen LogP contribution in [0.1, 0.15) is 10.4 Å². The molecule has 0 saturated carbocycles. The maximum Gasteiger partial charge on any atom is 0.305 e. The Kier molecular flexibility index (Phi) is 4.13. The van der Waals surface area contributed by atoms with Crippen LogP contribution in [0.3, 0.4) is 0 Å². The van der Waals surface area contributed by atoms with Gasteiger partial charge in [0.05, 0.1) is 4.92 Å². The van der Waals surface area contributed by atoms with Crippen molar-refractivity contribution >= 4 is 23.0 Å². The lowest BCUT2D eigenvalue weighted by Gasteiger charge is -2.08. The number of benzene rings is 2. The van der Waals surface area contributed by atoms with Gasteiger partial charge in [-0.15, -0.1) is 0 Å². The van der Waals surface area contributed by atoms with Gasteiger partial charge < -0.3 is 10.6 Å². The second-order valence-corrected chi connectivity index (χ2v) is 4.17. The number of halogens is 1. The zero-order chi connectivity index (χ0) is 15.4. The zero-order valence-corrected chi connectivity index (χ0v) is 11.1. The Bertz CT molecular complexity index is 704. The summed E-state index contributed by atoms with van der Waals surface area (Å²) in [5, 5.41) is 16.2. The van der Waals surface area contributed by atoms with Crippen LogP contribution in [0, 0.1) is 15.9 Å². The number of nitro benzene ring substituents is 1. The third-order valence-electron chi connectivity index (χ3n) is 2.82. The van der Waals surface area contributed by atoms with E-state index in [0.29, 0.717) is 0 Å². The fourth-order valence-electron chi connectivity index (χ4n) is 1.89. The monoisotopic (exact) mass is 289 g/mol. The van der Waals surface area contributed by atoms with Crippen LogP contribution >= 0.6 is 0 Å². The Morgan fingerprint density at radius 3 is 2.57 bits per heavy atom. The van der Waals surface area contributed by atoms with Gasteiger partial charge in [-0.3, -0.25) is 14.9 Å². The summed E-state index contributed by atoms with van der Waals surface area (Å²) in [6.45, 7) is 0. The standard InChI is InChI=1S/C14H12FN3O3/c1-16-12-7-3-6-11(13(12)18(20)21)14(19)17-10-5-2-4-9(15)8-10/h2-8,16H,1H3,(H,17,19). The maximum absolute atomic E-state index is 13.1. The number of nitrogens with zero attached hydrogens (tertiary/aromatic N) is 1. The third-order valence-corrected chi connectivity index (χ3v) is 2.82. The molecule has 7 heteroatoms. The molecule has 0 aliphatic rings. The molecule has 108 valence electrons. The number of nitrogens with one attached hydrogen (secondary N) is 2. The highest BCUT2D eigenvalue weighted by molar-refractivity contribution is 6.08. The third kappa shape index (κ3) is 3.14. The van der Waals surface area contributed by atoms with Crippen molar-refractivity contribution in [1.29, 1.82) is 0 Å². The average molecular weight is 289 g/mol. The van der Waals surface area contributed by atoms with Crippen molar-refractivity contribution in [2.45, 2.75) is 0 Å². The number of para-hydroxylation sites is 1. The van der Waals surface area contributed by atoms with Crippen LogP contribution < -0.4 is 10.6 Å². The maximum atomic E-state index is 13.1. The van der Waals surface area contributed by atoms with E-state index in [1.165, 1.54) is 43.4 Å². The summed E-state index contributed by atoms with van der Waals surface area (Å²) < 4.78 is 13.1. The highest BCUT2D eigenvalue weighted by Crippen LogP contribution is 2.28. The quantitative estimate of drug-likeness (QED) is 0.669. The number of amides is 1. The zero-order valence-electron chi connectivity index (χ0n) is 11.1. The molecule has 0 aliphatic heterocycles. The number of carbonyl (C=O) groups is 1. The fraction of sp³-hybridized carbons (Fsp3) is 0.0714. The molecule has 0 unspecified atom stereocenters. The van der Waals surface area contributed by atoms with Crippen molar-refractivity contribution in [1.82, 2.24) is 0 Å². The minimum absolute atomic E-state index is 0.101. The number of rotatable bonds is 4. The van der Waals surface area contributed by atoms with Crippen molar-refractivity contribution in [3.63, 3.8) is 0 Å². The van der Waals surface area contributed by atoms with Gasteiger partial charge in [0, 0.05) is 12.7 Å². The van der Waals surface area contributed by atoms with Gasteiger partial charge in [0.2, 0.25) is 0 Å². The van der Waals surface area contributed by atoms with E-state index in [2.05, 4.69) is 10.6 Å². The van der Waals surface area contributed by atoms with Gasteiger partial charge in [-0.25, -0.2) is 4.39 Å². The average Bonchev–Trinajstić information content (AvgIpc) is 2.46. The van der Waals surface area contributed by atoms with Crippen molar-refractivity contribution in [2.24, 2.45) is 0 Å². The molecule has 21 heavy (non-hydrogen) atoms. The molecule has 0 saturated heterocycles. The summed E-state index contributed by atoms with van der Waals surface area (Å²) in [6.07, 6.45) is 0. The van der Waals surface area contributed by atoms with Gasteiger partial charge in [0.15, 0.2) is 0 Å². The number of hydrogen-bond donors (Lipinski definition) is 2. The summed E-state index contributed by atoms with van der Waals surface area (Å²) >= 11 is 0. The molecule has 2 N–H and O–H groups in total. The molecule has 0 spiro atoms. The van der Waals surface area contributed by atoms with Crippen molar-refractivity contribution < 1.29 is 14.1 Å². The summed E-state index contributed by atoms with van der Waals surface area (Å²) in [5.74, 6) is -1.18. The number of nitro groups is 1. The Morgan fingerprint density at radius 1 is 1.24 bits per heavy atom. The molecule has 6 nitrogen and oxygen atoms in total. The molecule has 0 bridgehead atoms. The van der Waals surface area contributed by atoms with Gasteiger partial charge in [0.1, 0.15) is 17.1 Å². The van der Waals surface area contributed by atoms with E-state index in [1.54, 1.807) is 0 Å². The molecule has 0 radical (unpaired) electrons. The van der Waals surface area contributed by atoms with Crippen LogP contribution in [0.2, 0.25) is 0 Å². The normalized spacial score (nSPS) is 10.0. The number of hydrogen-bond acceptors (Lipinski definition) is 4. The molecular weight excluding hydrogens is 277 g/mol. The number of carbonyl (C=O) groups excluding carboxylic acids is 1. The van der Waals surface area contributed by atoms with Gasteiger partial charge >= 0.3 is 5.69 Å². The lowest BCUT2D eigenvalue weighted by molar-refractivity contribution is -0.384. The van der Waals surface area contributed by atoms with Gasteiger partial charge in [0.25, 0.3) is 5.91 Å². The first-order chi connectivity index (χ1) is 10.0. The van der Waals surface area contributed by atoms with Gasteiger partial charge in [-0.1, -0.05) is 12.1 Å². The van der Waals surface area contributed by atoms with Crippen LogP contribution in [0.5, 0.6) is 0 Å². The van der Waals surface area contributed by atoms with Crippen molar-refractivity contribution in [3.05, 3.63) is 64.0 Å². The molecule has 2 aromatic rings. The van der Waals surface area contributed by atoms with Crippen LogP contribution in [-0.2, 0) is 0 Å². The number of anilines is 2. The van der Waals surface area contributed by atoms with Crippen molar-refractivity contribution in [3.8, 4) is 0 Å². The Hall–Kier alpha value is -2.96. The summed E-state index contributed by atoms with van der Waals surface area (Å²) in [4.78, 5) is 22.7. The molecule has 2 rings (SSSR count). The smallest absolute Gasteiger partial charge is 0.305 e. The Balaban J connectivity index is 2.37. The van der Waals surface area contributed by atoms with Crippen LogP contribution in [0.15, 0.2) is 42.5 Å². The summed E-state index contributed by atoms with van der Waals surface area (Å²) in [7, 11) is 1.52. The van der Waals surface area contributed by atoms with Crippen LogP contribution in [0.4, 0.5) is 21.5 Å². The van der Waals surface area contributed by atoms with E-state index in [9.17, 15) is 19.3 Å². The largest absolute Gasteiger partial charge is 0.383 e. The topological polar surface area (TPSA) is 84.3 Å². The van der Waals surface area contributed by atoms with Gasteiger partial charge in [-0.2, -0.15) is 0 Å². The molecule has 0 atom stereocenters. The van der Waals surface area contributed by atoms with E-state index < -0.39 is 16.6 Å². The molecule has 1 amide bonds. The fourth-order valence-corrected chi connectivity index (χ4v) is 1.89. The predicted octanol–water partition coefficient (Wildman–Crippen LogP) is 3.03. The van der Waals surface area contributed by atoms with Crippen LogP contribution in [0.25, 0.3) is 0 Å². The minimum Gasteiger partial charge on any atom is -0.383 e. The van der Waals surface area contributed by atoms with E-state index in [4.69, 9.17) is 0 Å². The van der Waals surface area contributed by atoms with Gasteiger partial charge in [-0.05, 0) is 30.3 Å². The molecule has 0 aromatic heterocycles. The molecule has 0 fully saturated rings. The highest BCUT2D eigenvalue weighted by atomic mass is 19.1. The van der Waals surface area contributed by atoms with E-state index in [1.807, 2.05) is 0 Å². The molecular formula is C14H12FN3O3. The van der Waals surface area contributed by atoms with E-state index in [0.717, 1.165) is 6.07 Å². The minimum atomic E-state index is -0.676. The first-order valence-corrected chi connectivity index (χ1v) is 6.05. The second-order valence-electron chi connectivity index (χ2n) is 4.17. The molecule has 0 aliphatic carbocycles. The van der Waals surface area contributed by atoms with E-state index >= 15 is 0 Å². The highest BCUT2D eigenvalue weighted by Gasteiger charge is 2.24. The predicted molar refractivity (Wildman–Crippen MR) is 77.0 cm³/mol. The van der Waals surface area contributed by atoms with E-state index in [-0.39, 0.29) is 22.6 Å². The van der Waals surface area contributed by atoms with Crippen LogP contribution in [-0.4, -0.2) is 17.9 Å². The Morgan fingerprint density at radius 2 is 1.95 bits per heavy atom. The lowest BCUT2D eigenvalue weighted by Crippen LogP contribution is -2.15. The summed E-state index contributed by atoms with van der Waals surface area (Å²) in [5.41, 5.74) is 0.0288. The first kappa shape index (κ1) is 14.4. The molecule has 0 heterocycles. The SMILES string of the molecule is CNc1cccc(C(=O)Nc2cccc(F)c2)c1[N+](=O)[O-].